The van der Waals surface area contributed by atoms with Crippen molar-refractivity contribution in [2.24, 2.45) is 0 Å². The van der Waals surface area contributed by atoms with E-state index in [0.29, 0.717) is 0 Å². The van der Waals surface area contributed by atoms with E-state index in [1.54, 1.807) is 0 Å². The number of nitrogens with zero attached hydrogens (tertiary/aromatic N) is 1. The molecule has 0 aliphatic heterocycles. The molecule has 0 saturated carbocycles. The van der Waals surface area contributed by atoms with Crippen molar-refractivity contribution in [3.05, 3.63) is 199 Å². The van der Waals surface area contributed by atoms with Crippen LogP contribution in [0.4, 0.5) is 0 Å². The average molecular weight is 768 g/mol. The molecule has 0 atom stereocenters. The highest BCUT2D eigenvalue weighted by atomic mass is 32.1. The first-order chi connectivity index (χ1) is 29.0. The molecule has 2 aromatic heterocycles. The second-order valence-corrected chi connectivity index (χ2v) is 17.9. The van der Waals surface area contributed by atoms with Gasteiger partial charge in [0.25, 0.3) is 0 Å². The minimum atomic E-state index is -0.136. The highest BCUT2D eigenvalue weighted by Crippen LogP contribution is 2.54. The predicted octanol–water partition coefficient (Wildman–Crippen LogP) is 16.3. The molecule has 0 radical (unpaired) electrons. The monoisotopic (exact) mass is 767 g/mol. The molecule has 0 unspecified atom stereocenters. The zero-order valence-corrected chi connectivity index (χ0v) is 33.6. The molecular weight excluding hydrogens is 731 g/mol. The molecule has 0 fully saturated rings. The van der Waals surface area contributed by atoms with E-state index in [4.69, 9.17) is 0 Å². The van der Waals surface area contributed by atoms with Gasteiger partial charge in [-0.2, -0.15) is 0 Å². The number of aromatic nitrogens is 1. The van der Waals surface area contributed by atoms with Crippen LogP contribution in [0.5, 0.6) is 0 Å². The van der Waals surface area contributed by atoms with E-state index in [9.17, 15) is 0 Å². The Balaban J connectivity index is 1.03. The van der Waals surface area contributed by atoms with Crippen LogP contribution in [0.15, 0.2) is 188 Å². The van der Waals surface area contributed by atoms with Crippen LogP contribution in [-0.4, -0.2) is 4.57 Å². The Morgan fingerprint density at radius 2 is 0.898 bits per heavy atom. The van der Waals surface area contributed by atoms with Crippen molar-refractivity contribution in [1.82, 2.24) is 4.57 Å². The van der Waals surface area contributed by atoms with Crippen LogP contribution >= 0.6 is 11.3 Å². The fraction of sp³-hybridized carbons (Fsp3) is 0.0526. The number of benzene rings is 10. The molecule has 0 N–H and O–H groups in total. The van der Waals surface area contributed by atoms with E-state index in [1.807, 2.05) is 11.3 Å². The van der Waals surface area contributed by atoms with Crippen molar-refractivity contribution in [3.63, 3.8) is 0 Å². The molecule has 276 valence electrons. The van der Waals surface area contributed by atoms with Crippen molar-refractivity contribution >= 4 is 85.6 Å². The van der Waals surface area contributed by atoms with Crippen molar-refractivity contribution in [1.29, 1.82) is 0 Å². The Kier molecular flexibility index (Phi) is 6.73. The maximum absolute atomic E-state index is 2.50. The molecule has 0 bridgehead atoms. The Morgan fingerprint density at radius 1 is 0.373 bits per heavy atom. The number of hydrogen-bond donors (Lipinski definition) is 0. The van der Waals surface area contributed by atoms with Gasteiger partial charge >= 0.3 is 0 Å². The van der Waals surface area contributed by atoms with Gasteiger partial charge in [-0.3, -0.25) is 0 Å². The van der Waals surface area contributed by atoms with Gasteiger partial charge in [-0.25, -0.2) is 0 Å². The molecule has 2 heterocycles. The van der Waals surface area contributed by atoms with E-state index < -0.39 is 0 Å². The van der Waals surface area contributed by atoms with Gasteiger partial charge in [0.05, 0.1) is 11.0 Å². The van der Waals surface area contributed by atoms with Crippen LogP contribution in [0, 0.1) is 0 Å². The van der Waals surface area contributed by atoms with Crippen molar-refractivity contribution in [3.8, 4) is 39.1 Å². The van der Waals surface area contributed by atoms with Gasteiger partial charge in [-0.05, 0) is 120 Å². The first-order valence-electron chi connectivity index (χ1n) is 20.6. The Labute approximate surface area is 346 Å². The van der Waals surface area contributed by atoms with Crippen LogP contribution in [0.2, 0.25) is 0 Å². The first kappa shape index (κ1) is 33.0. The SMILES string of the molecule is CC1(C)c2cc(-n3c4ccc(-c5ccccc5)cc4c4cc(-c5ccc6c7ccccc7c7ccccc7c6c5)ccc43)ccc2-c2c1ccc1c2sc2ccccc21. The molecule has 12 aromatic rings. The maximum Gasteiger partial charge on any atom is 0.0541 e. The van der Waals surface area contributed by atoms with E-state index in [1.165, 1.54) is 124 Å². The number of rotatable bonds is 3. The fourth-order valence-corrected chi connectivity index (χ4v) is 11.8. The minimum absolute atomic E-state index is 0.136. The van der Waals surface area contributed by atoms with Crippen LogP contribution in [0.1, 0.15) is 25.0 Å². The van der Waals surface area contributed by atoms with Gasteiger partial charge < -0.3 is 4.57 Å². The fourth-order valence-electron chi connectivity index (χ4n) is 10.5. The Hall–Kier alpha value is -7.00. The molecule has 2 heteroatoms. The van der Waals surface area contributed by atoms with E-state index in [2.05, 4.69) is 206 Å². The topological polar surface area (TPSA) is 4.93 Å². The normalized spacial score (nSPS) is 13.4. The molecule has 0 saturated heterocycles. The molecule has 0 spiro atoms. The lowest BCUT2D eigenvalue weighted by atomic mass is 9.82. The summed E-state index contributed by atoms with van der Waals surface area (Å²) >= 11 is 1.93. The summed E-state index contributed by atoms with van der Waals surface area (Å²) in [4.78, 5) is 0. The Morgan fingerprint density at radius 3 is 1.58 bits per heavy atom. The standard InChI is InChI=1S/C57H37NS/c1-57(2)50-27-26-45-44-18-10-11-19-54(44)59-56(45)55(50)46-25-23-38(33-51(46)57)58-52-28-21-35(34-12-4-3-5-13-34)31-48(52)49-32-37(22-29-53(49)58)36-20-24-43-41-16-7-6-14-39(41)40-15-8-9-17-42(40)47(43)30-36/h3-33H,1-2H3. The van der Waals surface area contributed by atoms with Crippen LogP contribution in [0.3, 0.4) is 0 Å². The molecular formula is C57H37NS. The third kappa shape index (κ3) is 4.61. The quantitative estimate of drug-likeness (QED) is 0.158. The zero-order chi connectivity index (χ0) is 39.0. The average Bonchev–Trinajstić information content (AvgIpc) is 3.91. The Bertz CT molecular complexity index is 3710. The van der Waals surface area contributed by atoms with E-state index in [0.717, 1.165) is 0 Å². The third-order valence-corrected chi connectivity index (χ3v) is 14.6. The second kappa shape index (κ2) is 12.0. The molecule has 59 heavy (non-hydrogen) atoms. The zero-order valence-electron chi connectivity index (χ0n) is 32.8. The summed E-state index contributed by atoms with van der Waals surface area (Å²) in [6.07, 6.45) is 0. The van der Waals surface area contributed by atoms with Crippen molar-refractivity contribution < 1.29 is 0 Å². The molecule has 0 amide bonds. The van der Waals surface area contributed by atoms with Gasteiger partial charge in [0.15, 0.2) is 0 Å². The summed E-state index contributed by atoms with van der Waals surface area (Å²) in [5.74, 6) is 0. The summed E-state index contributed by atoms with van der Waals surface area (Å²) in [7, 11) is 0. The van der Waals surface area contributed by atoms with Crippen molar-refractivity contribution in [2.75, 3.05) is 0 Å². The van der Waals surface area contributed by atoms with E-state index in [-0.39, 0.29) is 5.41 Å². The summed E-state index contributed by atoms with van der Waals surface area (Å²) in [5.41, 5.74) is 14.0. The predicted molar refractivity (Wildman–Crippen MR) is 255 cm³/mol. The third-order valence-electron chi connectivity index (χ3n) is 13.4. The summed E-state index contributed by atoms with van der Waals surface area (Å²) < 4.78 is 5.25. The molecule has 1 aliphatic carbocycles. The lowest BCUT2D eigenvalue weighted by molar-refractivity contribution is 0.660. The smallest absolute Gasteiger partial charge is 0.0541 e. The van der Waals surface area contributed by atoms with Gasteiger partial charge in [0, 0.05) is 47.6 Å². The summed E-state index contributed by atoms with van der Waals surface area (Å²) in [6, 6.07) is 70.5. The highest BCUT2D eigenvalue weighted by Gasteiger charge is 2.37. The van der Waals surface area contributed by atoms with Crippen molar-refractivity contribution in [2.45, 2.75) is 19.3 Å². The highest BCUT2D eigenvalue weighted by molar-refractivity contribution is 7.26. The van der Waals surface area contributed by atoms with E-state index >= 15 is 0 Å². The van der Waals surface area contributed by atoms with Gasteiger partial charge in [-0.1, -0.05) is 153 Å². The lowest BCUT2D eigenvalue weighted by Gasteiger charge is -2.22. The molecule has 1 nitrogen and oxygen atoms in total. The number of fused-ring (bicyclic) bond motifs is 16. The van der Waals surface area contributed by atoms with Crippen LogP contribution in [0.25, 0.3) is 113 Å². The summed E-state index contributed by atoms with van der Waals surface area (Å²) in [6.45, 7) is 4.81. The first-order valence-corrected chi connectivity index (χ1v) is 21.4. The number of thiophene rings is 1. The second-order valence-electron chi connectivity index (χ2n) is 16.8. The molecule has 13 rings (SSSR count). The van der Waals surface area contributed by atoms with Gasteiger partial charge in [-0.15, -0.1) is 11.3 Å². The summed E-state index contributed by atoms with van der Waals surface area (Å²) in [5, 5.41) is 13.0. The maximum atomic E-state index is 2.50. The van der Waals surface area contributed by atoms with Gasteiger partial charge in [0.2, 0.25) is 0 Å². The van der Waals surface area contributed by atoms with Gasteiger partial charge in [0.1, 0.15) is 0 Å². The largest absolute Gasteiger partial charge is 0.309 e. The molecule has 10 aromatic carbocycles. The lowest BCUT2D eigenvalue weighted by Crippen LogP contribution is -2.15. The minimum Gasteiger partial charge on any atom is -0.309 e. The van der Waals surface area contributed by atoms with Crippen LogP contribution in [-0.2, 0) is 5.41 Å². The molecule has 1 aliphatic rings. The van der Waals surface area contributed by atoms with Crippen LogP contribution < -0.4 is 0 Å². The number of hydrogen-bond acceptors (Lipinski definition) is 1.